The molecule has 1 saturated heterocycles. The lowest BCUT2D eigenvalue weighted by Gasteiger charge is -2.23. The summed E-state index contributed by atoms with van der Waals surface area (Å²) in [6, 6.07) is 7.80. The van der Waals surface area contributed by atoms with Gasteiger partial charge in [0.25, 0.3) is 0 Å². The molecule has 0 aliphatic carbocycles. The van der Waals surface area contributed by atoms with Crippen LogP contribution in [-0.2, 0) is 4.79 Å². The van der Waals surface area contributed by atoms with Crippen LogP contribution in [0.25, 0.3) is 0 Å². The second-order valence-electron chi connectivity index (χ2n) is 5.31. The number of aromatic nitrogens is 2. The summed E-state index contributed by atoms with van der Waals surface area (Å²) >= 11 is 0. The summed E-state index contributed by atoms with van der Waals surface area (Å²) in [5.41, 5.74) is 0.349. The molecule has 2 aromatic rings. The van der Waals surface area contributed by atoms with Crippen LogP contribution in [0.2, 0.25) is 0 Å². The third-order valence-corrected chi connectivity index (χ3v) is 3.84. The molecule has 1 unspecified atom stereocenters. The van der Waals surface area contributed by atoms with Crippen LogP contribution in [0.1, 0.15) is 12.8 Å². The summed E-state index contributed by atoms with van der Waals surface area (Å²) < 4.78 is 13.7. The van der Waals surface area contributed by atoms with Gasteiger partial charge in [-0.2, -0.15) is 4.98 Å². The van der Waals surface area contributed by atoms with Gasteiger partial charge in [-0.15, -0.1) is 0 Å². The number of anilines is 3. The summed E-state index contributed by atoms with van der Waals surface area (Å²) in [5, 5.41) is 5.61. The average Bonchev–Trinajstić information content (AvgIpc) is 3.06. The molecule has 7 heteroatoms. The molecule has 0 bridgehead atoms. The van der Waals surface area contributed by atoms with Crippen molar-refractivity contribution in [3.05, 3.63) is 42.3 Å². The maximum absolute atomic E-state index is 13.7. The Hall–Kier alpha value is -2.70. The summed E-state index contributed by atoms with van der Waals surface area (Å²) in [6.07, 6.45) is 3.28. The molecule has 1 aliphatic rings. The number of amides is 1. The van der Waals surface area contributed by atoms with E-state index >= 15 is 0 Å². The van der Waals surface area contributed by atoms with E-state index < -0.39 is 0 Å². The van der Waals surface area contributed by atoms with Crippen molar-refractivity contribution in [1.29, 1.82) is 0 Å². The number of nitrogens with zero attached hydrogens (tertiary/aromatic N) is 3. The van der Waals surface area contributed by atoms with E-state index in [2.05, 4.69) is 20.6 Å². The number of benzene rings is 1. The molecule has 1 atom stereocenters. The highest BCUT2D eigenvalue weighted by Crippen LogP contribution is 2.24. The topological polar surface area (TPSA) is 70.2 Å². The van der Waals surface area contributed by atoms with Crippen molar-refractivity contribution in [2.45, 2.75) is 18.9 Å². The maximum Gasteiger partial charge on any atom is 0.242 e. The Morgan fingerprint density at radius 1 is 1.35 bits per heavy atom. The van der Waals surface area contributed by atoms with Crippen molar-refractivity contribution < 1.29 is 9.18 Å². The Kier molecular flexibility index (Phi) is 4.36. The van der Waals surface area contributed by atoms with Crippen LogP contribution in [0.15, 0.2) is 36.5 Å². The van der Waals surface area contributed by atoms with Crippen molar-refractivity contribution >= 4 is 23.4 Å². The van der Waals surface area contributed by atoms with Gasteiger partial charge in [-0.1, -0.05) is 12.1 Å². The van der Waals surface area contributed by atoms with Crippen molar-refractivity contribution in [1.82, 2.24) is 15.3 Å². The Labute approximate surface area is 133 Å². The first-order chi connectivity index (χ1) is 11.2. The molecule has 0 saturated carbocycles. The highest BCUT2D eigenvalue weighted by atomic mass is 19.1. The monoisotopic (exact) mass is 315 g/mol. The number of halogens is 1. The van der Waals surface area contributed by atoms with Gasteiger partial charge in [-0.05, 0) is 31.0 Å². The normalized spacial score (nSPS) is 17.1. The molecular formula is C16H18FN5O. The second-order valence-corrected chi connectivity index (χ2v) is 5.31. The van der Waals surface area contributed by atoms with E-state index in [9.17, 15) is 9.18 Å². The molecule has 23 heavy (non-hydrogen) atoms. The summed E-state index contributed by atoms with van der Waals surface area (Å²) in [7, 11) is 1.62. The number of hydrogen-bond donors (Lipinski definition) is 2. The zero-order valence-electron chi connectivity index (χ0n) is 12.8. The minimum atomic E-state index is -0.350. The Balaban J connectivity index is 1.82. The molecule has 1 amide bonds. The van der Waals surface area contributed by atoms with Gasteiger partial charge >= 0.3 is 0 Å². The van der Waals surface area contributed by atoms with Crippen LogP contribution in [0.3, 0.4) is 0 Å². The Morgan fingerprint density at radius 3 is 2.96 bits per heavy atom. The molecule has 0 spiro atoms. The van der Waals surface area contributed by atoms with E-state index in [0.717, 1.165) is 19.4 Å². The van der Waals surface area contributed by atoms with Crippen LogP contribution >= 0.6 is 0 Å². The number of carbonyl (C=O) groups excluding carboxylic acids is 1. The molecule has 2 heterocycles. The van der Waals surface area contributed by atoms with Gasteiger partial charge in [0.1, 0.15) is 17.7 Å². The first kappa shape index (κ1) is 15.2. The van der Waals surface area contributed by atoms with Crippen molar-refractivity contribution in [2.24, 2.45) is 0 Å². The first-order valence-electron chi connectivity index (χ1n) is 7.52. The molecule has 1 aromatic heterocycles. The van der Waals surface area contributed by atoms with Crippen molar-refractivity contribution in [2.75, 3.05) is 23.8 Å². The van der Waals surface area contributed by atoms with Crippen LogP contribution < -0.4 is 15.5 Å². The van der Waals surface area contributed by atoms with E-state index in [1.807, 2.05) is 4.90 Å². The third-order valence-electron chi connectivity index (χ3n) is 3.84. The van der Waals surface area contributed by atoms with Gasteiger partial charge in [0.2, 0.25) is 11.9 Å². The molecular weight excluding hydrogens is 297 g/mol. The highest BCUT2D eigenvalue weighted by Gasteiger charge is 2.31. The van der Waals surface area contributed by atoms with Gasteiger partial charge in [0, 0.05) is 19.8 Å². The zero-order chi connectivity index (χ0) is 16.2. The Morgan fingerprint density at radius 2 is 2.17 bits per heavy atom. The van der Waals surface area contributed by atoms with Crippen LogP contribution in [0.4, 0.5) is 21.8 Å². The third kappa shape index (κ3) is 3.23. The smallest absolute Gasteiger partial charge is 0.242 e. The predicted octanol–water partition coefficient (Wildman–Crippen LogP) is 2.07. The van der Waals surface area contributed by atoms with Crippen LogP contribution in [0.5, 0.6) is 0 Å². The highest BCUT2D eigenvalue weighted by molar-refractivity contribution is 5.85. The number of nitrogens with one attached hydrogen (secondary N) is 2. The molecule has 120 valence electrons. The zero-order valence-corrected chi connectivity index (χ0v) is 12.8. The van der Waals surface area contributed by atoms with Crippen LogP contribution in [0, 0.1) is 5.82 Å². The maximum atomic E-state index is 13.7. The molecule has 2 N–H and O–H groups in total. The number of hydrogen-bond acceptors (Lipinski definition) is 5. The van der Waals surface area contributed by atoms with E-state index in [1.54, 1.807) is 37.5 Å². The van der Waals surface area contributed by atoms with Gasteiger partial charge in [0.05, 0.1) is 5.69 Å². The quantitative estimate of drug-likeness (QED) is 0.904. The minimum Gasteiger partial charge on any atom is -0.357 e. The number of carbonyl (C=O) groups is 1. The van der Waals surface area contributed by atoms with Crippen LogP contribution in [-0.4, -0.2) is 35.5 Å². The Bertz CT molecular complexity index is 708. The van der Waals surface area contributed by atoms with E-state index in [-0.39, 0.29) is 17.8 Å². The van der Waals surface area contributed by atoms with Crippen molar-refractivity contribution in [3.8, 4) is 0 Å². The predicted molar refractivity (Wildman–Crippen MR) is 86.1 cm³/mol. The summed E-state index contributed by atoms with van der Waals surface area (Å²) in [6.45, 7) is 0.723. The molecule has 0 radical (unpaired) electrons. The molecule has 3 rings (SSSR count). The first-order valence-corrected chi connectivity index (χ1v) is 7.52. The fourth-order valence-electron chi connectivity index (χ4n) is 2.70. The number of likely N-dealkylation sites (N-methyl/N-ethyl adjacent to an activating group) is 1. The second kappa shape index (κ2) is 6.60. The fraction of sp³-hybridized carbons (Fsp3) is 0.312. The lowest BCUT2D eigenvalue weighted by atomic mass is 10.2. The molecule has 1 fully saturated rings. The number of para-hydroxylation sites is 1. The molecule has 1 aliphatic heterocycles. The van der Waals surface area contributed by atoms with E-state index in [4.69, 9.17) is 0 Å². The minimum absolute atomic E-state index is 0.0430. The SMILES string of the molecule is CNC(=O)C1CCCN1c1nccc(Nc2ccccc2F)n1. The van der Waals surface area contributed by atoms with E-state index in [1.165, 1.54) is 6.07 Å². The summed E-state index contributed by atoms with van der Waals surface area (Å²) in [4.78, 5) is 22.5. The lowest BCUT2D eigenvalue weighted by molar-refractivity contribution is -0.121. The van der Waals surface area contributed by atoms with Gasteiger partial charge in [0.15, 0.2) is 0 Å². The average molecular weight is 315 g/mol. The van der Waals surface area contributed by atoms with Gasteiger partial charge in [-0.3, -0.25) is 4.79 Å². The lowest BCUT2D eigenvalue weighted by Crippen LogP contribution is -2.42. The number of rotatable bonds is 4. The molecule has 1 aromatic carbocycles. The standard InChI is InChI=1S/C16H18FN5O/c1-18-15(23)13-7-4-10-22(13)16-19-9-8-14(21-16)20-12-6-3-2-5-11(12)17/h2-3,5-6,8-9,13H,4,7,10H2,1H3,(H,18,23)(H,19,20,21). The van der Waals surface area contributed by atoms with Gasteiger partial charge < -0.3 is 15.5 Å². The fourth-order valence-corrected chi connectivity index (χ4v) is 2.70. The summed E-state index contributed by atoms with van der Waals surface area (Å²) in [5.74, 6) is 0.565. The van der Waals surface area contributed by atoms with Crippen molar-refractivity contribution in [3.63, 3.8) is 0 Å². The largest absolute Gasteiger partial charge is 0.357 e. The van der Waals surface area contributed by atoms with Gasteiger partial charge in [-0.25, -0.2) is 9.37 Å². The molecule has 6 nitrogen and oxygen atoms in total. The van der Waals surface area contributed by atoms with E-state index in [0.29, 0.717) is 17.5 Å².